The molecule has 0 bridgehead atoms. The molecule has 0 aliphatic carbocycles. The van der Waals surface area contributed by atoms with E-state index in [0.717, 1.165) is 114 Å². The van der Waals surface area contributed by atoms with E-state index >= 15 is 0 Å². The van der Waals surface area contributed by atoms with Crippen molar-refractivity contribution in [3.05, 3.63) is 0 Å². The number of ether oxygens (including phenoxy) is 4. The van der Waals surface area contributed by atoms with Crippen LogP contribution in [0.1, 0.15) is 364 Å². The number of hydrogen-bond acceptors (Lipinski definition) is 15. The molecular weight excluding hydrogens is 1210 g/mol. The molecule has 0 saturated heterocycles. The van der Waals surface area contributed by atoms with Gasteiger partial charge >= 0.3 is 39.5 Å². The number of aliphatic hydroxyl groups excluding tert-OH is 1. The Balaban J connectivity index is 5.24. The first-order valence-electron chi connectivity index (χ1n) is 37.8. The Hall–Kier alpha value is -1.94. The summed E-state index contributed by atoms with van der Waals surface area (Å²) in [5.74, 6) is 0.914. The number of phosphoric acid groups is 2. The van der Waals surface area contributed by atoms with Crippen molar-refractivity contribution in [2.24, 2.45) is 23.7 Å². The summed E-state index contributed by atoms with van der Waals surface area (Å²) in [4.78, 5) is 72.6. The van der Waals surface area contributed by atoms with Crippen LogP contribution in [0.25, 0.3) is 0 Å². The molecule has 0 rings (SSSR count). The quantitative estimate of drug-likeness (QED) is 0.0222. The molecule has 0 aromatic heterocycles. The van der Waals surface area contributed by atoms with Crippen LogP contribution >= 0.6 is 15.6 Å². The Morgan fingerprint density at radius 2 is 0.522 bits per heavy atom. The van der Waals surface area contributed by atoms with E-state index in [-0.39, 0.29) is 25.7 Å². The summed E-state index contributed by atoms with van der Waals surface area (Å²) in [6.07, 6.45) is 45.9. The van der Waals surface area contributed by atoms with Crippen LogP contribution < -0.4 is 0 Å². The lowest BCUT2D eigenvalue weighted by atomic mass is 9.99. The second kappa shape index (κ2) is 62.6. The van der Waals surface area contributed by atoms with Gasteiger partial charge < -0.3 is 33.8 Å². The average molecular weight is 1350 g/mol. The van der Waals surface area contributed by atoms with Crippen LogP contribution in [0, 0.1) is 23.7 Å². The second-order valence-electron chi connectivity index (χ2n) is 27.8. The highest BCUT2D eigenvalue weighted by Crippen LogP contribution is 2.45. The molecule has 0 aliphatic rings. The topological polar surface area (TPSA) is 237 Å². The zero-order valence-corrected chi connectivity index (χ0v) is 62.0. The maximum Gasteiger partial charge on any atom is 0.472 e. The zero-order valence-electron chi connectivity index (χ0n) is 60.2. The molecule has 0 radical (unpaired) electrons. The molecule has 92 heavy (non-hydrogen) atoms. The van der Waals surface area contributed by atoms with Gasteiger partial charge in [-0.25, -0.2) is 9.13 Å². The predicted octanol–water partition coefficient (Wildman–Crippen LogP) is 20.9. The standard InChI is InChI=1S/C73H142O17P2/c1-9-65(7)51-43-35-27-21-17-13-11-12-14-18-23-29-39-47-55-72(77)89-68(59-83-70(75)53-45-37-28-22-19-15-16-20-25-33-41-49-63(3)4)61-87-91(79,80)85-57-67(74)58-86-92(81,82)88-62-69(90-73(78)56-48-40-32-31-36-44-52-66(8)10-2)60-84-71(76)54-46-38-30-24-26-34-42-50-64(5)6/h63-69,74H,9-62H2,1-8H3,(H,79,80)(H,81,82)/t65?,66?,67?,68-,69-/m1/s1. The van der Waals surface area contributed by atoms with Crippen molar-refractivity contribution in [2.45, 2.75) is 382 Å². The van der Waals surface area contributed by atoms with E-state index in [9.17, 15) is 43.2 Å². The summed E-state index contributed by atoms with van der Waals surface area (Å²) in [6, 6.07) is 0. The van der Waals surface area contributed by atoms with Crippen molar-refractivity contribution < 1.29 is 80.2 Å². The number of hydrogen-bond donors (Lipinski definition) is 3. The highest BCUT2D eigenvalue weighted by molar-refractivity contribution is 7.47. The third kappa shape index (κ3) is 64.1. The van der Waals surface area contributed by atoms with Crippen LogP contribution in [0.4, 0.5) is 0 Å². The molecule has 0 fully saturated rings. The molecule has 3 N–H and O–H groups in total. The van der Waals surface area contributed by atoms with Gasteiger partial charge in [0.1, 0.15) is 19.3 Å². The van der Waals surface area contributed by atoms with Gasteiger partial charge in [-0.05, 0) is 49.4 Å². The van der Waals surface area contributed by atoms with Gasteiger partial charge in [-0.2, -0.15) is 0 Å². The summed E-state index contributed by atoms with van der Waals surface area (Å²) < 4.78 is 68.4. The van der Waals surface area contributed by atoms with Crippen molar-refractivity contribution in [3.8, 4) is 0 Å². The Morgan fingerprint density at radius 1 is 0.304 bits per heavy atom. The van der Waals surface area contributed by atoms with E-state index < -0.39 is 97.5 Å². The van der Waals surface area contributed by atoms with Crippen LogP contribution in [-0.2, 0) is 65.4 Å². The van der Waals surface area contributed by atoms with E-state index in [4.69, 9.17) is 37.0 Å². The highest BCUT2D eigenvalue weighted by Gasteiger charge is 2.30. The van der Waals surface area contributed by atoms with Crippen LogP contribution in [-0.4, -0.2) is 96.7 Å². The highest BCUT2D eigenvalue weighted by atomic mass is 31.2. The van der Waals surface area contributed by atoms with Crippen molar-refractivity contribution in [2.75, 3.05) is 39.6 Å². The number of unbranched alkanes of at least 4 members (excludes halogenated alkanes) is 34. The molecule has 0 spiro atoms. The zero-order chi connectivity index (χ0) is 68.2. The van der Waals surface area contributed by atoms with Crippen LogP contribution in [0.2, 0.25) is 0 Å². The molecule has 5 unspecified atom stereocenters. The Kier molecular flexibility index (Phi) is 61.3. The summed E-state index contributed by atoms with van der Waals surface area (Å²) >= 11 is 0. The number of phosphoric ester groups is 2. The lowest BCUT2D eigenvalue weighted by Gasteiger charge is -2.21. The molecule has 0 saturated carbocycles. The van der Waals surface area contributed by atoms with Crippen molar-refractivity contribution in [1.82, 2.24) is 0 Å². The van der Waals surface area contributed by atoms with E-state index in [2.05, 4.69) is 55.4 Å². The Bertz CT molecular complexity index is 1820. The van der Waals surface area contributed by atoms with Gasteiger partial charge in [-0.3, -0.25) is 37.3 Å². The number of carbonyl (C=O) groups excluding carboxylic acids is 4. The number of carbonyl (C=O) groups is 4. The first-order chi connectivity index (χ1) is 44.2. The maximum absolute atomic E-state index is 13.1. The van der Waals surface area contributed by atoms with Crippen LogP contribution in [0.5, 0.6) is 0 Å². The molecule has 0 heterocycles. The van der Waals surface area contributed by atoms with Crippen molar-refractivity contribution in [1.29, 1.82) is 0 Å². The van der Waals surface area contributed by atoms with Gasteiger partial charge in [-0.15, -0.1) is 0 Å². The van der Waals surface area contributed by atoms with Gasteiger partial charge in [0.05, 0.1) is 26.4 Å². The fourth-order valence-electron chi connectivity index (χ4n) is 11.0. The molecule has 546 valence electrons. The maximum atomic E-state index is 13.1. The van der Waals surface area contributed by atoms with Gasteiger partial charge in [0, 0.05) is 25.7 Å². The number of aliphatic hydroxyl groups is 1. The van der Waals surface area contributed by atoms with E-state index in [1.165, 1.54) is 161 Å². The van der Waals surface area contributed by atoms with E-state index in [0.29, 0.717) is 31.6 Å². The first-order valence-corrected chi connectivity index (χ1v) is 40.8. The minimum atomic E-state index is -4.96. The molecular formula is C73H142O17P2. The third-order valence-corrected chi connectivity index (χ3v) is 19.4. The van der Waals surface area contributed by atoms with Gasteiger partial charge in [0.15, 0.2) is 12.2 Å². The smallest absolute Gasteiger partial charge is 0.462 e. The third-order valence-electron chi connectivity index (χ3n) is 17.5. The van der Waals surface area contributed by atoms with Crippen molar-refractivity contribution in [3.63, 3.8) is 0 Å². The predicted molar refractivity (Wildman–Crippen MR) is 372 cm³/mol. The van der Waals surface area contributed by atoms with Crippen LogP contribution in [0.3, 0.4) is 0 Å². The molecule has 0 aromatic rings. The van der Waals surface area contributed by atoms with Gasteiger partial charge in [-0.1, -0.05) is 312 Å². The fourth-order valence-corrected chi connectivity index (χ4v) is 12.5. The Labute approximate surface area is 562 Å². The molecule has 7 atom stereocenters. The van der Waals surface area contributed by atoms with E-state index in [1.807, 2.05) is 0 Å². The number of esters is 4. The molecule has 19 heteroatoms. The Morgan fingerprint density at radius 3 is 0.772 bits per heavy atom. The lowest BCUT2D eigenvalue weighted by molar-refractivity contribution is -0.161. The number of rotatable bonds is 70. The normalized spacial score (nSPS) is 14.8. The molecule has 0 aromatic carbocycles. The average Bonchev–Trinajstić information content (AvgIpc) is 2.67. The minimum absolute atomic E-state index is 0.102. The molecule has 0 aliphatic heterocycles. The first kappa shape index (κ1) is 90.1. The lowest BCUT2D eigenvalue weighted by Crippen LogP contribution is -2.30. The summed E-state index contributed by atoms with van der Waals surface area (Å²) in [5.41, 5.74) is 0. The van der Waals surface area contributed by atoms with Gasteiger partial charge in [0.2, 0.25) is 0 Å². The summed E-state index contributed by atoms with van der Waals surface area (Å²) in [7, 11) is -9.91. The van der Waals surface area contributed by atoms with Gasteiger partial charge in [0.25, 0.3) is 0 Å². The monoisotopic (exact) mass is 1350 g/mol. The largest absolute Gasteiger partial charge is 0.472 e. The SMILES string of the molecule is CCC(C)CCCCCCCCCCCCCCCCC(=O)O[C@H](COC(=O)CCCCCCCCCCCCCC(C)C)COP(=O)(O)OCC(O)COP(=O)(O)OC[C@@H](COC(=O)CCCCCCCCCC(C)C)OC(=O)CCCCCCCCC(C)CC. The summed E-state index contributed by atoms with van der Waals surface area (Å²) in [6.45, 7) is 14.1. The van der Waals surface area contributed by atoms with Crippen molar-refractivity contribution >= 4 is 39.5 Å². The van der Waals surface area contributed by atoms with Crippen LogP contribution in [0.15, 0.2) is 0 Å². The fraction of sp³-hybridized carbons (Fsp3) is 0.945. The second-order valence-corrected chi connectivity index (χ2v) is 30.7. The summed E-state index contributed by atoms with van der Waals surface area (Å²) in [5, 5.41) is 10.6. The van der Waals surface area contributed by atoms with E-state index in [1.54, 1.807) is 0 Å². The molecule has 17 nitrogen and oxygen atoms in total. The minimum Gasteiger partial charge on any atom is -0.462 e. The molecule has 0 amide bonds.